The number of aromatic hydroxyl groups is 1. The monoisotopic (exact) mass is 652 g/mol. The van der Waals surface area contributed by atoms with Crippen LogP contribution in [0, 0.1) is 19.8 Å². The highest BCUT2D eigenvalue weighted by Crippen LogP contribution is 2.57. The van der Waals surface area contributed by atoms with Crippen LogP contribution in [0.2, 0.25) is 0 Å². The van der Waals surface area contributed by atoms with Crippen molar-refractivity contribution in [1.82, 2.24) is 20.4 Å². The number of rotatable bonds is 7. The molecule has 0 spiro atoms. The number of aliphatic hydroxyl groups excluding tert-OH is 1. The number of nitrogens with zero attached hydrogens (tertiary/aromatic N) is 2. The first kappa shape index (κ1) is 32.9. The first-order valence-corrected chi connectivity index (χ1v) is 16.0. The van der Waals surface area contributed by atoms with Crippen molar-refractivity contribution >= 4 is 17.8 Å². The Labute approximate surface area is 274 Å². The van der Waals surface area contributed by atoms with Gasteiger partial charge in [-0.3, -0.25) is 19.3 Å². The molecule has 1 fully saturated rings. The van der Waals surface area contributed by atoms with E-state index in [2.05, 4.69) is 15.5 Å². The van der Waals surface area contributed by atoms with Gasteiger partial charge >= 0.3 is 5.97 Å². The van der Waals surface area contributed by atoms with Crippen LogP contribution in [0.15, 0.2) is 6.07 Å². The molecule has 47 heavy (non-hydrogen) atoms. The summed E-state index contributed by atoms with van der Waals surface area (Å²) in [4.78, 5) is 42.8. The molecule has 2 aromatic rings. The van der Waals surface area contributed by atoms with Gasteiger partial charge in [-0.2, -0.15) is 0 Å². The maximum atomic E-state index is 13.9. The molecule has 6 atom stereocenters. The summed E-state index contributed by atoms with van der Waals surface area (Å²) in [5.74, 6) is 0.354. The molecule has 2 aromatic carbocycles. The molecule has 1 saturated heterocycles. The summed E-state index contributed by atoms with van der Waals surface area (Å²) < 4.78 is 23.3. The summed E-state index contributed by atoms with van der Waals surface area (Å²) in [5, 5.41) is 29.7. The lowest BCUT2D eigenvalue weighted by Crippen LogP contribution is -2.70. The Kier molecular flexibility index (Phi) is 8.52. The normalized spacial score (nSPS) is 24.9. The molecule has 13 heteroatoms. The fourth-order valence-corrected chi connectivity index (χ4v) is 7.92. The smallest absolute Gasteiger partial charge is 0.308 e. The number of likely N-dealkylation sites (N-methyl/N-ethyl adjacent to an activating group) is 1. The van der Waals surface area contributed by atoms with Crippen LogP contribution in [-0.4, -0.2) is 83.1 Å². The van der Waals surface area contributed by atoms with Crippen molar-refractivity contribution in [1.29, 1.82) is 0 Å². The number of fused-ring (bicyclic) bond motifs is 9. The van der Waals surface area contributed by atoms with Gasteiger partial charge in [0, 0.05) is 41.6 Å². The molecule has 2 bridgehead atoms. The van der Waals surface area contributed by atoms with Crippen LogP contribution in [0.5, 0.6) is 28.7 Å². The maximum Gasteiger partial charge on any atom is 0.308 e. The molecule has 4 N–H and O–H groups in total. The highest BCUT2D eigenvalue weighted by molar-refractivity contribution is 5.88. The zero-order valence-corrected chi connectivity index (χ0v) is 28.1. The average molecular weight is 653 g/mol. The molecule has 4 heterocycles. The molecule has 2 amide bonds. The number of benzene rings is 2. The second-order valence-corrected chi connectivity index (χ2v) is 13.5. The number of amides is 2. The highest BCUT2D eigenvalue weighted by atomic mass is 16.7. The second kappa shape index (κ2) is 12.2. The Balaban J connectivity index is 1.53. The zero-order chi connectivity index (χ0) is 34.1. The number of hydrogen-bond donors (Lipinski definition) is 4. The standard InChI is InChI=1S/C34H44N4O9/c1-14(2)9-23(40)35-17(5)33(42)36-32-25-20(29(47-18(6)39)16(4)30-31(25)46-13-45-30)12-21-26-24-19(10-15(3)28(44-8)27(24)41)11-22(37(26)7)34(43)38(21)32/h10,14,17,21-22,26,32,34,41,43H,9,11-13H2,1-8H3,(H,35,40)(H,36,42)/t17-,21?,22-,26+,32-,34+/m1/s1. The number of hydrogen-bond acceptors (Lipinski definition) is 11. The Morgan fingerprint density at radius 2 is 1.77 bits per heavy atom. The number of piperazine rings is 1. The summed E-state index contributed by atoms with van der Waals surface area (Å²) in [6.07, 6.45) is -1.07. The van der Waals surface area contributed by atoms with Crippen molar-refractivity contribution in [3.05, 3.63) is 39.4 Å². The number of phenols is 1. The average Bonchev–Trinajstić information content (AvgIpc) is 3.47. The number of carbonyl (C=O) groups is 3. The number of phenolic OH excluding ortho intramolecular Hbond substituents is 1. The third-order valence-corrected chi connectivity index (χ3v) is 9.86. The van der Waals surface area contributed by atoms with Crippen molar-refractivity contribution in [3.8, 4) is 28.7 Å². The highest BCUT2D eigenvalue weighted by Gasteiger charge is 2.57. The van der Waals surface area contributed by atoms with Gasteiger partial charge in [-0.25, -0.2) is 4.90 Å². The first-order valence-electron chi connectivity index (χ1n) is 16.0. The zero-order valence-electron chi connectivity index (χ0n) is 28.1. The molecule has 4 aliphatic rings. The van der Waals surface area contributed by atoms with Crippen LogP contribution in [0.4, 0.5) is 0 Å². The molecule has 1 unspecified atom stereocenters. The van der Waals surface area contributed by atoms with Gasteiger partial charge in [-0.15, -0.1) is 0 Å². The van der Waals surface area contributed by atoms with Crippen LogP contribution in [0.3, 0.4) is 0 Å². The van der Waals surface area contributed by atoms with Gasteiger partial charge in [-0.1, -0.05) is 19.9 Å². The molecular weight excluding hydrogens is 608 g/mol. The van der Waals surface area contributed by atoms with Crippen molar-refractivity contribution in [3.63, 3.8) is 0 Å². The van der Waals surface area contributed by atoms with E-state index in [1.54, 1.807) is 13.8 Å². The van der Waals surface area contributed by atoms with Gasteiger partial charge in [0.05, 0.1) is 19.2 Å². The summed E-state index contributed by atoms with van der Waals surface area (Å²) in [7, 11) is 3.43. The number of aliphatic hydroxyl groups is 1. The quantitative estimate of drug-likeness (QED) is 0.257. The lowest BCUT2D eigenvalue weighted by atomic mass is 9.74. The van der Waals surface area contributed by atoms with E-state index in [0.29, 0.717) is 51.7 Å². The summed E-state index contributed by atoms with van der Waals surface area (Å²) in [6.45, 7) is 10.4. The number of carbonyl (C=O) groups excluding carboxylic acids is 3. The van der Waals surface area contributed by atoms with E-state index in [1.165, 1.54) is 14.0 Å². The minimum atomic E-state index is -1.07. The maximum absolute atomic E-state index is 13.9. The Hall–Kier alpha value is -4.07. The van der Waals surface area contributed by atoms with Crippen molar-refractivity contribution in [2.45, 2.75) is 97.4 Å². The molecule has 254 valence electrons. The van der Waals surface area contributed by atoms with E-state index in [9.17, 15) is 24.6 Å². The van der Waals surface area contributed by atoms with Gasteiger partial charge in [0.25, 0.3) is 0 Å². The molecule has 13 nitrogen and oxygen atoms in total. The summed E-state index contributed by atoms with van der Waals surface area (Å²) in [6, 6.07) is -0.277. The first-order chi connectivity index (χ1) is 22.2. The third-order valence-electron chi connectivity index (χ3n) is 9.86. The van der Waals surface area contributed by atoms with E-state index in [1.807, 2.05) is 38.8 Å². The molecule has 0 radical (unpaired) electrons. The van der Waals surface area contributed by atoms with Crippen LogP contribution in [0.25, 0.3) is 0 Å². The minimum Gasteiger partial charge on any atom is -0.504 e. The Bertz CT molecular complexity index is 1640. The third kappa shape index (κ3) is 5.34. The van der Waals surface area contributed by atoms with Crippen LogP contribution in [-0.2, 0) is 27.2 Å². The lowest BCUT2D eigenvalue weighted by Gasteiger charge is -2.60. The summed E-state index contributed by atoms with van der Waals surface area (Å²) >= 11 is 0. The fraction of sp³-hybridized carbons (Fsp3) is 0.559. The van der Waals surface area contributed by atoms with Crippen molar-refractivity contribution in [2.24, 2.45) is 5.92 Å². The lowest BCUT2D eigenvalue weighted by molar-refractivity contribution is -0.179. The topological polar surface area (TPSA) is 159 Å². The van der Waals surface area contributed by atoms with Crippen molar-refractivity contribution in [2.75, 3.05) is 21.0 Å². The van der Waals surface area contributed by atoms with E-state index in [-0.39, 0.29) is 37.2 Å². The van der Waals surface area contributed by atoms with Gasteiger partial charge in [0.15, 0.2) is 23.0 Å². The van der Waals surface area contributed by atoms with Crippen LogP contribution >= 0.6 is 0 Å². The number of nitrogens with one attached hydrogen (secondary N) is 2. The number of aryl methyl sites for hydroxylation is 1. The Morgan fingerprint density at radius 1 is 1.06 bits per heavy atom. The molecule has 4 aliphatic heterocycles. The SMILES string of the molecule is COc1c(C)cc2c(c1O)[C@@H]1C3Cc4c(OC(C)=O)c(C)c5c(c4[C@H](NC(=O)[C@@H](C)NC(=O)CC(C)C)N3[C@@H](O)[C@@H](C2)N1C)OCO5. The van der Waals surface area contributed by atoms with E-state index in [0.717, 1.165) is 11.1 Å². The summed E-state index contributed by atoms with van der Waals surface area (Å²) in [5.41, 5.74) is 4.08. The predicted octanol–water partition coefficient (Wildman–Crippen LogP) is 2.49. The number of ether oxygens (including phenoxy) is 4. The van der Waals surface area contributed by atoms with Gasteiger partial charge < -0.3 is 39.8 Å². The fourth-order valence-electron chi connectivity index (χ4n) is 7.92. The molecule has 6 rings (SSSR count). The van der Waals surface area contributed by atoms with E-state index < -0.39 is 48.4 Å². The predicted molar refractivity (Wildman–Crippen MR) is 169 cm³/mol. The van der Waals surface area contributed by atoms with Crippen molar-refractivity contribution < 1.29 is 43.5 Å². The van der Waals surface area contributed by atoms with Gasteiger partial charge in [-0.05, 0) is 57.7 Å². The molecule has 0 aliphatic carbocycles. The molecule has 0 saturated carbocycles. The molecule has 0 aromatic heterocycles. The van der Waals surface area contributed by atoms with E-state index in [4.69, 9.17) is 18.9 Å². The number of methoxy groups -OCH3 is 1. The van der Waals surface area contributed by atoms with Crippen LogP contribution < -0.4 is 29.6 Å². The largest absolute Gasteiger partial charge is 0.504 e. The van der Waals surface area contributed by atoms with Crippen LogP contribution in [0.1, 0.15) is 79.7 Å². The Morgan fingerprint density at radius 3 is 2.43 bits per heavy atom. The second-order valence-electron chi connectivity index (χ2n) is 13.5. The van der Waals surface area contributed by atoms with Gasteiger partial charge in [0.1, 0.15) is 24.2 Å². The van der Waals surface area contributed by atoms with Gasteiger partial charge in [0.2, 0.25) is 18.6 Å². The van der Waals surface area contributed by atoms with E-state index >= 15 is 0 Å². The minimum absolute atomic E-state index is 0.0316. The number of esters is 1. The molecular formula is C34H44N4O9.